The molecule has 0 bridgehead atoms. The molecular formula is C14H23BrNO+. The first-order valence-corrected chi connectivity index (χ1v) is 7.24. The van der Waals surface area contributed by atoms with E-state index in [0.717, 1.165) is 29.8 Å². The van der Waals surface area contributed by atoms with E-state index in [-0.39, 0.29) is 0 Å². The maximum Gasteiger partial charge on any atom is 0.122 e. The highest BCUT2D eigenvalue weighted by molar-refractivity contribution is 9.10. The predicted molar refractivity (Wildman–Crippen MR) is 75.6 cm³/mol. The minimum Gasteiger partial charge on any atom is -0.493 e. The Balaban J connectivity index is 2.14. The minimum absolute atomic E-state index is 0.811. The quantitative estimate of drug-likeness (QED) is 0.734. The molecule has 1 aromatic carbocycles. The molecule has 0 aliphatic heterocycles. The molecule has 0 saturated carbocycles. The Morgan fingerprint density at radius 3 is 2.71 bits per heavy atom. The van der Waals surface area contributed by atoms with E-state index < -0.39 is 0 Å². The molecule has 1 aromatic rings. The second-order valence-electron chi connectivity index (χ2n) is 4.33. The molecule has 0 amide bonds. The highest BCUT2D eigenvalue weighted by atomic mass is 79.9. The maximum absolute atomic E-state index is 5.76. The summed E-state index contributed by atoms with van der Waals surface area (Å²) in [6.07, 6.45) is 3.71. The van der Waals surface area contributed by atoms with Crippen LogP contribution in [-0.4, -0.2) is 19.7 Å². The fourth-order valence-electron chi connectivity index (χ4n) is 1.68. The lowest BCUT2D eigenvalue weighted by atomic mass is 10.2. The van der Waals surface area contributed by atoms with Crippen molar-refractivity contribution in [2.75, 3.05) is 19.7 Å². The first-order valence-electron chi connectivity index (χ1n) is 6.44. The van der Waals surface area contributed by atoms with Crippen LogP contribution in [0.5, 0.6) is 5.75 Å². The molecule has 0 aliphatic carbocycles. The summed E-state index contributed by atoms with van der Waals surface area (Å²) < 4.78 is 6.86. The zero-order valence-electron chi connectivity index (χ0n) is 10.8. The van der Waals surface area contributed by atoms with Gasteiger partial charge in [0, 0.05) is 10.9 Å². The van der Waals surface area contributed by atoms with Crippen molar-refractivity contribution in [1.82, 2.24) is 0 Å². The van der Waals surface area contributed by atoms with E-state index in [2.05, 4.69) is 41.2 Å². The number of nitrogens with two attached hydrogens (primary N) is 1. The van der Waals surface area contributed by atoms with Gasteiger partial charge in [-0.1, -0.05) is 29.3 Å². The molecule has 0 aromatic heterocycles. The third kappa shape index (κ3) is 6.08. The number of aryl methyl sites for hydroxylation is 1. The summed E-state index contributed by atoms with van der Waals surface area (Å²) in [7, 11) is 0. The van der Waals surface area contributed by atoms with Gasteiger partial charge in [0.05, 0.1) is 19.7 Å². The van der Waals surface area contributed by atoms with Crippen molar-refractivity contribution in [3.05, 3.63) is 28.2 Å². The van der Waals surface area contributed by atoms with Gasteiger partial charge < -0.3 is 10.1 Å². The lowest BCUT2D eigenvalue weighted by Crippen LogP contribution is -2.84. The summed E-state index contributed by atoms with van der Waals surface area (Å²) in [5.41, 5.74) is 1.19. The minimum atomic E-state index is 0.811. The topological polar surface area (TPSA) is 25.8 Å². The van der Waals surface area contributed by atoms with E-state index in [1.54, 1.807) is 0 Å². The van der Waals surface area contributed by atoms with Crippen LogP contribution in [0.1, 0.15) is 31.7 Å². The zero-order chi connectivity index (χ0) is 12.5. The molecule has 1 rings (SSSR count). The summed E-state index contributed by atoms with van der Waals surface area (Å²) in [4.78, 5) is 0. The Bertz CT molecular complexity index is 328. The average Bonchev–Trinajstić information content (AvgIpc) is 2.30. The highest BCUT2D eigenvalue weighted by Gasteiger charge is 2.00. The number of unbranched alkanes of at least 4 members (excludes halogenated alkanes) is 1. The standard InChI is InChI=1S/C14H22BrNO/c1-3-4-8-16-9-5-10-17-14-7-6-13(15)11-12(14)2/h6-7,11,16H,3-5,8-10H2,1-2H3/p+1. The number of halogens is 1. The van der Waals surface area contributed by atoms with Gasteiger partial charge in [-0.15, -0.1) is 0 Å². The van der Waals surface area contributed by atoms with Crippen LogP contribution in [0, 0.1) is 6.92 Å². The van der Waals surface area contributed by atoms with Crippen molar-refractivity contribution in [3.63, 3.8) is 0 Å². The Hall–Kier alpha value is -0.540. The molecule has 96 valence electrons. The number of rotatable bonds is 8. The van der Waals surface area contributed by atoms with Crippen LogP contribution in [0.2, 0.25) is 0 Å². The van der Waals surface area contributed by atoms with Gasteiger partial charge in [0.15, 0.2) is 0 Å². The summed E-state index contributed by atoms with van der Waals surface area (Å²) in [6, 6.07) is 6.14. The van der Waals surface area contributed by atoms with Gasteiger partial charge >= 0.3 is 0 Å². The van der Waals surface area contributed by atoms with Crippen LogP contribution in [0.15, 0.2) is 22.7 Å². The average molecular weight is 301 g/mol. The molecule has 0 atom stereocenters. The lowest BCUT2D eigenvalue weighted by Gasteiger charge is -2.08. The largest absolute Gasteiger partial charge is 0.493 e. The number of hydrogen-bond acceptors (Lipinski definition) is 1. The van der Waals surface area contributed by atoms with Crippen molar-refractivity contribution < 1.29 is 10.1 Å². The molecule has 0 heterocycles. The predicted octanol–water partition coefficient (Wildman–Crippen LogP) is 2.89. The normalized spacial score (nSPS) is 10.5. The molecule has 2 nitrogen and oxygen atoms in total. The van der Waals surface area contributed by atoms with Gasteiger partial charge in [-0.3, -0.25) is 0 Å². The zero-order valence-corrected chi connectivity index (χ0v) is 12.4. The van der Waals surface area contributed by atoms with Gasteiger partial charge in [-0.25, -0.2) is 0 Å². The van der Waals surface area contributed by atoms with E-state index in [1.807, 2.05) is 12.1 Å². The van der Waals surface area contributed by atoms with Crippen molar-refractivity contribution in [2.45, 2.75) is 33.1 Å². The third-order valence-corrected chi connectivity index (χ3v) is 3.20. The molecule has 17 heavy (non-hydrogen) atoms. The van der Waals surface area contributed by atoms with Crippen molar-refractivity contribution >= 4 is 15.9 Å². The lowest BCUT2D eigenvalue weighted by molar-refractivity contribution is -0.655. The fraction of sp³-hybridized carbons (Fsp3) is 0.571. The molecule has 0 radical (unpaired) electrons. The number of ether oxygens (including phenoxy) is 1. The van der Waals surface area contributed by atoms with Gasteiger partial charge in [0.1, 0.15) is 5.75 Å². The smallest absolute Gasteiger partial charge is 0.122 e. The Kier molecular flexibility index (Phi) is 7.29. The van der Waals surface area contributed by atoms with E-state index in [1.165, 1.54) is 24.9 Å². The van der Waals surface area contributed by atoms with Crippen molar-refractivity contribution in [2.24, 2.45) is 0 Å². The molecule has 0 fully saturated rings. The summed E-state index contributed by atoms with van der Waals surface area (Å²) >= 11 is 3.45. The van der Waals surface area contributed by atoms with Crippen LogP contribution >= 0.6 is 15.9 Å². The Labute approximate surface area is 113 Å². The van der Waals surface area contributed by atoms with E-state index >= 15 is 0 Å². The monoisotopic (exact) mass is 300 g/mol. The molecule has 0 spiro atoms. The van der Waals surface area contributed by atoms with Gasteiger partial charge in [0.2, 0.25) is 0 Å². The van der Waals surface area contributed by atoms with Gasteiger partial charge in [-0.05, 0) is 37.1 Å². The summed E-state index contributed by atoms with van der Waals surface area (Å²) in [5, 5.41) is 2.38. The molecule has 3 heteroatoms. The Morgan fingerprint density at radius 2 is 2.00 bits per heavy atom. The first-order chi connectivity index (χ1) is 8.24. The van der Waals surface area contributed by atoms with Gasteiger partial charge in [-0.2, -0.15) is 0 Å². The van der Waals surface area contributed by atoms with Crippen molar-refractivity contribution in [3.8, 4) is 5.75 Å². The van der Waals surface area contributed by atoms with Gasteiger partial charge in [0.25, 0.3) is 0 Å². The summed E-state index contributed by atoms with van der Waals surface area (Å²) in [6.45, 7) is 7.52. The highest BCUT2D eigenvalue weighted by Crippen LogP contribution is 2.21. The molecule has 0 saturated heterocycles. The molecule has 0 aliphatic rings. The summed E-state index contributed by atoms with van der Waals surface area (Å²) in [5.74, 6) is 1.00. The Morgan fingerprint density at radius 1 is 1.24 bits per heavy atom. The second-order valence-corrected chi connectivity index (χ2v) is 5.25. The number of hydrogen-bond donors (Lipinski definition) is 1. The van der Waals surface area contributed by atoms with Crippen molar-refractivity contribution in [1.29, 1.82) is 0 Å². The van der Waals surface area contributed by atoms with E-state index in [4.69, 9.17) is 4.74 Å². The first kappa shape index (κ1) is 14.5. The molecule has 0 unspecified atom stereocenters. The molecular weight excluding hydrogens is 278 g/mol. The SMILES string of the molecule is CCCC[NH2+]CCCOc1ccc(Br)cc1C. The van der Waals surface area contributed by atoms with E-state index in [9.17, 15) is 0 Å². The van der Waals surface area contributed by atoms with Crippen LogP contribution < -0.4 is 10.1 Å². The van der Waals surface area contributed by atoms with Crippen LogP contribution in [0.3, 0.4) is 0 Å². The second kappa shape index (κ2) is 8.54. The number of benzene rings is 1. The molecule has 2 N–H and O–H groups in total. The van der Waals surface area contributed by atoms with Crippen LogP contribution in [0.4, 0.5) is 0 Å². The van der Waals surface area contributed by atoms with Crippen LogP contribution in [-0.2, 0) is 0 Å². The third-order valence-electron chi connectivity index (χ3n) is 2.71. The van der Waals surface area contributed by atoms with E-state index in [0.29, 0.717) is 0 Å². The maximum atomic E-state index is 5.76. The number of quaternary nitrogens is 1. The fourth-order valence-corrected chi connectivity index (χ4v) is 2.15. The van der Waals surface area contributed by atoms with Crippen LogP contribution in [0.25, 0.3) is 0 Å².